The molecule has 2 atom stereocenters. The van der Waals surface area contributed by atoms with Crippen molar-refractivity contribution in [2.75, 3.05) is 6.61 Å². The number of aromatic amines is 1. The fourth-order valence-corrected chi connectivity index (χ4v) is 2.56. The number of H-pyrrole nitrogens is 1. The maximum atomic E-state index is 5.71. The van der Waals surface area contributed by atoms with Gasteiger partial charge in [0.25, 0.3) is 0 Å². The van der Waals surface area contributed by atoms with E-state index in [1.807, 2.05) is 13.1 Å². The van der Waals surface area contributed by atoms with Gasteiger partial charge in [0.05, 0.1) is 11.6 Å². The number of aryl methyl sites for hydroxylation is 1. The van der Waals surface area contributed by atoms with Crippen LogP contribution in [-0.2, 0) is 4.74 Å². The van der Waals surface area contributed by atoms with Crippen molar-refractivity contribution < 1.29 is 4.74 Å². The summed E-state index contributed by atoms with van der Waals surface area (Å²) in [7, 11) is 0. The number of rotatable bonds is 2. The van der Waals surface area contributed by atoms with Crippen molar-refractivity contribution >= 4 is 11.2 Å². The molecule has 4 heteroatoms. The van der Waals surface area contributed by atoms with Crippen molar-refractivity contribution in [3.8, 4) is 0 Å². The Balaban J connectivity index is 2.00. The summed E-state index contributed by atoms with van der Waals surface area (Å²) in [6.07, 6.45) is 4.25. The highest BCUT2D eigenvalue weighted by Gasteiger charge is 2.30. The Labute approximate surface area is 100 Å². The summed E-state index contributed by atoms with van der Waals surface area (Å²) in [6.45, 7) is 5.04. The average Bonchev–Trinajstić information content (AvgIpc) is 2.93. The molecule has 0 saturated carbocycles. The third-order valence-electron chi connectivity index (χ3n) is 3.46. The Morgan fingerprint density at radius 2 is 2.41 bits per heavy atom. The van der Waals surface area contributed by atoms with Gasteiger partial charge in [-0.2, -0.15) is 0 Å². The van der Waals surface area contributed by atoms with Gasteiger partial charge >= 0.3 is 0 Å². The number of ether oxygens (including phenoxy) is 1. The molecule has 1 aliphatic rings. The van der Waals surface area contributed by atoms with E-state index in [9.17, 15) is 0 Å². The van der Waals surface area contributed by atoms with E-state index >= 15 is 0 Å². The predicted octanol–water partition coefficient (Wildman–Crippen LogP) is 2.55. The highest BCUT2D eigenvalue weighted by atomic mass is 16.5. The van der Waals surface area contributed by atoms with Gasteiger partial charge < -0.3 is 9.72 Å². The summed E-state index contributed by atoms with van der Waals surface area (Å²) >= 11 is 0. The van der Waals surface area contributed by atoms with Crippen LogP contribution in [0, 0.1) is 6.92 Å². The van der Waals surface area contributed by atoms with Crippen molar-refractivity contribution in [3.63, 3.8) is 0 Å². The second-order valence-corrected chi connectivity index (χ2v) is 4.72. The van der Waals surface area contributed by atoms with Crippen molar-refractivity contribution in [1.29, 1.82) is 0 Å². The molecule has 0 amide bonds. The van der Waals surface area contributed by atoms with E-state index in [2.05, 4.69) is 27.9 Å². The van der Waals surface area contributed by atoms with Gasteiger partial charge in [-0.3, -0.25) is 0 Å². The highest BCUT2D eigenvalue weighted by molar-refractivity contribution is 5.71. The fourth-order valence-electron chi connectivity index (χ4n) is 2.56. The number of nitrogens with one attached hydrogen (secondary N) is 1. The zero-order valence-electron chi connectivity index (χ0n) is 10.2. The third kappa shape index (κ3) is 1.82. The number of aromatic nitrogens is 3. The van der Waals surface area contributed by atoms with Crippen LogP contribution in [0.5, 0.6) is 0 Å². The molecule has 3 heterocycles. The summed E-state index contributed by atoms with van der Waals surface area (Å²) in [5.74, 6) is 1.43. The van der Waals surface area contributed by atoms with Gasteiger partial charge in [0.1, 0.15) is 5.82 Å². The Morgan fingerprint density at radius 1 is 1.53 bits per heavy atom. The molecule has 90 valence electrons. The first-order valence-electron chi connectivity index (χ1n) is 6.22. The van der Waals surface area contributed by atoms with Gasteiger partial charge in [0.15, 0.2) is 5.65 Å². The van der Waals surface area contributed by atoms with Crippen LogP contribution in [0.4, 0.5) is 0 Å². The Kier molecular flexibility index (Phi) is 2.59. The van der Waals surface area contributed by atoms with E-state index in [0.29, 0.717) is 12.0 Å². The van der Waals surface area contributed by atoms with Gasteiger partial charge in [-0.15, -0.1) is 0 Å². The van der Waals surface area contributed by atoms with Crippen LogP contribution in [0.2, 0.25) is 0 Å². The molecule has 0 radical (unpaired) electrons. The minimum Gasteiger partial charge on any atom is -0.377 e. The van der Waals surface area contributed by atoms with Gasteiger partial charge in [-0.25, -0.2) is 9.97 Å². The number of hydrogen-bond donors (Lipinski definition) is 1. The summed E-state index contributed by atoms with van der Waals surface area (Å²) in [6, 6.07) is 2.09. The molecular weight excluding hydrogens is 214 g/mol. The van der Waals surface area contributed by atoms with Crippen molar-refractivity contribution in [3.05, 3.63) is 23.7 Å². The minimum atomic E-state index is 0.302. The van der Waals surface area contributed by atoms with Gasteiger partial charge in [0, 0.05) is 18.7 Å². The highest BCUT2D eigenvalue weighted by Crippen LogP contribution is 2.32. The lowest BCUT2D eigenvalue weighted by Crippen LogP contribution is -2.14. The maximum Gasteiger partial charge on any atom is 0.177 e. The summed E-state index contributed by atoms with van der Waals surface area (Å²) in [5, 5.41) is 0. The first-order valence-corrected chi connectivity index (χ1v) is 6.22. The van der Waals surface area contributed by atoms with E-state index in [0.717, 1.165) is 42.0 Å². The lowest BCUT2D eigenvalue weighted by Gasteiger charge is -2.13. The summed E-state index contributed by atoms with van der Waals surface area (Å²) in [4.78, 5) is 12.3. The lowest BCUT2D eigenvalue weighted by molar-refractivity contribution is 0.0996. The zero-order chi connectivity index (χ0) is 11.8. The van der Waals surface area contributed by atoms with Gasteiger partial charge in [0.2, 0.25) is 0 Å². The smallest absolute Gasteiger partial charge is 0.177 e. The molecule has 0 aromatic carbocycles. The molecule has 1 fully saturated rings. The molecule has 1 saturated heterocycles. The molecule has 3 rings (SSSR count). The van der Waals surface area contributed by atoms with E-state index in [-0.39, 0.29) is 0 Å². The van der Waals surface area contributed by atoms with E-state index in [1.54, 1.807) is 0 Å². The number of hydrogen-bond acceptors (Lipinski definition) is 3. The Hall–Kier alpha value is -1.42. The van der Waals surface area contributed by atoms with E-state index in [4.69, 9.17) is 4.74 Å². The van der Waals surface area contributed by atoms with Gasteiger partial charge in [-0.05, 0) is 31.4 Å². The predicted molar refractivity (Wildman–Crippen MR) is 66.0 cm³/mol. The molecule has 4 nitrogen and oxygen atoms in total. The summed E-state index contributed by atoms with van der Waals surface area (Å²) < 4.78 is 5.71. The zero-order valence-corrected chi connectivity index (χ0v) is 10.2. The molecule has 0 bridgehead atoms. The molecule has 2 aromatic heterocycles. The second-order valence-electron chi connectivity index (χ2n) is 4.72. The second kappa shape index (κ2) is 4.11. The first kappa shape index (κ1) is 10.7. The van der Waals surface area contributed by atoms with Crippen LogP contribution in [0.3, 0.4) is 0 Å². The molecule has 0 aliphatic carbocycles. The number of nitrogens with zero attached hydrogens (tertiary/aromatic N) is 2. The van der Waals surface area contributed by atoms with Crippen molar-refractivity contribution in [2.24, 2.45) is 0 Å². The minimum absolute atomic E-state index is 0.302. The van der Waals surface area contributed by atoms with Crippen LogP contribution in [0.25, 0.3) is 11.2 Å². The number of pyridine rings is 1. The molecule has 0 spiro atoms. The number of imidazole rings is 1. The standard InChI is InChI=1S/C13H17N3O/c1-3-11-9(4-5-17-11)12-15-10-6-8(2)7-14-13(10)16-12/h6-7,9,11H,3-5H2,1-2H3,(H,14,15,16). The van der Waals surface area contributed by atoms with Crippen LogP contribution in [-0.4, -0.2) is 27.7 Å². The van der Waals surface area contributed by atoms with E-state index < -0.39 is 0 Å². The molecule has 1 N–H and O–H groups in total. The van der Waals surface area contributed by atoms with Crippen LogP contribution in [0.1, 0.15) is 37.1 Å². The molecule has 1 aliphatic heterocycles. The monoisotopic (exact) mass is 231 g/mol. The first-order chi connectivity index (χ1) is 8.28. The normalized spacial score (nSPS) is 24.6. The Bertz CT molecular complexity index is 534. The van der Waals surface area contributed by atoms with Crippen LogP contribution in [0.15, 0.2) is 12.3 Å². The average molecular weight is 231 g/mol. The SMILES string of the molecule is CCC1OCCC1c1nc2ncc(C)cc2[nH]1. The largest absolute Gasteiger partial charge is 0.377 e. The molecule has 2 unspecified atom stereocenters. The van der Waals surface area contributed by atoms with Crippen molar-refractivity contribution in [1.82, 2.24) is 15.0 Å². The van der Waals surface area contributed by atoms with E-state index in [1.165, 1.54) is 0 Å². The molecule has 2 aromatic rings. The quantitative estimate of drug-likeness (QED) is 0.864. The molecular formula is C13H17N3O. The lowest BCUT2D eigenvalue weighted by atomic mass is 9.99. The molecule has 17 heavy (non-hydrogen) atoms. The Morgan fingerprint density at radius 3 is 3.24 bits per heavy atom. The van der Waals surface area contributed by atoms with Crippen LogP contribution < -0.4 is 0 Å². The van der Waals surface area contributed by atoms with Gasteiger partial charge in [-0.1, -0.05) is 6.92 Å². The number of fused-ring (bicyclic) bond motifs is 1. The fraction of sp³-hybridized carbons (Fsp3) is 0.538. The van der Waals surface area contributed by atoms with Crippen molar-refractivity contribution in [2.45, 2.75) is 38.7 Å². The summed E-state index contributed by atoms with van der Waals surface area (Å²) in [5.41, 5.74) is 3.00. The maximum absolute atomic E-state index is 5.71. The van der Waals surface area contributed by atoms with Crippen LogP contribution >= 0.6 is 0 Å². The topological polar surface area (TPSA) is 50.8 Å². The third-order valence-corrected chi connectivity index (χ3v) is 3.46.